The first kappa shape index (κ1) is 19.1. The van der Waals surface area contributed by atoms with Crippen LogP contribution in [0.5, 0.6) is 0 Å². The molecule has 3 aromatic carbocycles. The van der Waals surface area contributed by atoms with Crippen molar-refractivity contribution in [2.45, 2.75) is 11.6 Å². The first-order valence-electron chi connectivity index (χ1n) is 8.63. The van der Waals surface area contributed by atoms with E-state index in [2.05, 4.69) is 0 Å². The molecule has 0 spiro atoms. The quantitative estimate of drug-likeness (QED) is 0.705. The molecule has 1 heterocycles. The fourth-order valence-corrected chi connectivity index (χ4v) is 3.59. The molecule has 3 aromatic rings. The third-order valence-corrected chi connectivity index (χ3v) is 4.78. The first-order valence-corrected chi connectivity index (χ1v) is 8.63. The zero-order chi connectivity index (χ0) is 18.0. The van der Waals surface area contributed by atoms with Crippen LogP contribution in [-0.4, -0.2) is 23.6 Å². The van der Waals surface area contributed by atoms with E-state index in [0.717, 1.165) is 16.7 Å². The van der Waals surface area contributed by atoms with Gasteiger partial charge in [0.05, 0.1) is 6.61 Å². The molecule has 4 nitrogen and oxygen atoms in total. The Bertz CT molecular complexity index is 791. The average molecular weight is 381 g/mol. The molecule has 1 amide bonds. The summed E-state index contributed by atoms with van der Waals surface area (Å²) in [5, 5.41) is 1.46. The zero-order valence-corrected chi connectivity index (χ0v) is 15.5. The van der Waals surface area contributed by atoms with Gasteiger partial charge in [-0.15, -0.1) is 12.4 Å². The second-order valence-electron chi connectivity index (χ2n) is 6.34. The highest BCUT2D eigenvalue weighted by Crippen LogP contribution is 2.43. The van der Waals surface area contributed by atoms with Gasteiger partial charge in [0.25, 0.3) is 5.91 Å². The Morgan fingerprint density at radius 3 is 1.44 bits per heavy atom. The van der Waals surface area contributed by atoms with Crippen LogP contribution in [0.1, 0.15) is 16.7 Å². The molecule has 5 heteroatoms. The predicted molar refractivity (Wildman–Crippen MR) is 107 cm³/mol. The van der Waals surface area contributed by atoms with Crippen LogP contribution in [0.3, 0.4) is 0 Å². The van der Waals surface area contributed by atoms with E-state index < -0.39 is 11.6 Å². The zero-order valence-electron chi connectivity index (χ0n) is 14.7. The van der Waals surface area contributed by atoms with Crippen molar-refractivity contribution < 1.29 is 9.63 Å². The summed E-state index contributed by atoms with van der Waals surface area (Å²) in [6.07, 6.45) is 0. The number of nitrogens with zero attached hydrogens (tertiary/aromatic N) is 1. The van der Waals surface area contributed by atoms with Gasteiger partial charge < -0.3 is 5.73 Å². The SMILES string of the molecule is Cl.NC1CON(C(c2ccccc2)(c2ccccc2)c2ccccc2)C1=O. The summed E-state index contributed by atoms with van der Waals surface area (Å²) >= 11 is 0. The van der Waals surface area contributed by atoms with E-state index in [0.29, 0.717) is 0 Å². The number of rotatable bonds is 4. The molecule has 1 fully saturated rings. The van der Waals surface area contributed by atoms with Gasteiger partial charge in [-0.05, 0) is 16.7 Å². The van der Waals surface area contributed by atoms with Gasteiger partial charge in [0.15, 0.2) is 0 Å². The molecule has 2 N–H and O–H groups in total. The fourth-order valence-electron chi connectivity index (χ4n) is 3.59. The van der Waals surface area contributed by atoms with Crippen LogP contribution in [0.25, 0.3) is 0 Å². The van der Waals surface area contributed by atoms with Crippen LogP contribution >= 0.6 is 12.4 Å². The van der Waals surface area contributed by atoms with Crippen molar-refractivity contribution in [3.05, 3.63) is 108 Å². The van der Waals surface area contributed by atoms with E-state index in [1.807, 2.05) is 91.0 Å². The minimum atomic E-state index is -0.908. The number of amides is 1. The van der Waals surface area contributed by atoms with Crippen molar-refractivity contribution in [1.29, 1.82) is 0 Å². The summed E-state index contributed by atoms with van der Waals surface area (Å²) < 4.78 is 0. The molecule has 27 heavy (non-hydrogen) atoms. The van der Waals surface area contributed by atoms with Gasteiger partial charge in [-0.25, -0.2) is 5.06 Å². The minimum absolute atomic E-state index is 0. The van der Waals surface area contributed by atoms with E-state index in [4.69, 9.17) is 10.6 Å². The molecule has 0 radical (unpaired) electrons. The molecule has 1 saturated heterocycles. The predicted octanol–water partition coefficient (Wildman–Crippen LogP) is 3.50. The Balaban J connectivity index is 0.00000210. The maximum absolute atomic E-state index is 12.9. The Labute approximate surface area is 164 Å². The average Bonchev–Trinajstić information content (AvgIpc) is 3.04. The van der Waals surface area contributed by atoms with Crippen molar-refractivity contribution >= 4 is 18.3 Å². The molecule has 138 valence electrons. The number of carbonyl (C=O) groups excluding carboxylic acids is 1. The van der Waals surface area contributed by atoms with Gasteiger partial charge in [0.2, 0.25) is 0 Å². The molecule has 0 saturated carbocycles. The third kappa shape index (κ3) is 3.12. The Morgan fingerprint density at radius 2 is 1.15 bits per heavy atom. The summed E-state index contributed by atoms with van der Waals surface area (Å²) in [5.74, 6) is -0.221. The molecule has 0 aromatic heterocycles. The lowest BCUT2D eigenvalue weighted by Gasteiger charge is -2.41. The van der Waals surface area contributed by atoms with Crippen LogP contribution in [0.2, 0.25) is 0 Å². The van der Waals surface area contributed by atoms with Gasteiger partial charge in [0, 0.05) is 0 Å². The monoisotopic (exact) mass is 380 g/mol. The summed E-state index contributed by atoms with van der Waals surface area (Å²) in [6, 6.07) is 29.1. The van der Waals surface area contributed by atoms with Gasteiger partial charge in [-0.2, -0.15) is 0 Å². The van der Waals surface area contributed by atoms with Crippen LogP contribution in [0.15, 0.2) is 91.0 Å². The molecule has 0 aliphatic carbocycles. The van der Waals surface area contributed by atoms with Crippen molar-refractivity contribution in [2.75, 3.05) is 6.61 Å². The largest absolute Gasteiger partial charge is 0.318 e. The maximum atomic E-state index is 12.9. The lowest BCUT2D eigenvalue weighted by atomic mass is 9.76. The standard InChI is InChI=1S/C22H20N2O2.ClH/c23-20-16-26-24(21(20)25)22(17-10-4-1-5-11-17,18-12-6-2-7-13-18)19-14-8-3-9-15-19;/h1-15,20H,16,23H2;1H. The van der Waals surface area contributed by atoms with Crippen molar-refractivity contribution in [3.63, 3.8) is 0 Å². The third-order valence-electron chi connectivity index (χ3n) is 4.78. The van der Waals surface area contributed by atoms with Crippen LogP contribution in [0.4, 0.5) is 0 Å². The number of halogens is 1. The summed E-state index contributed by atoms with van der Waals surface area (Å²) in [7, 11) is 0. The van der Waals surface area contributed by atoms with Gasteiger partial charge in [-0.1, -0.05) is 91.0 Å². The highest BCUT2D eigenvalue weighted by Gasteiger charge is 2.50. The topological polar surface area (TPSA) is 55.6 Å². The molecule has 4 rings (SSSR count). The van der Waals surface area contributed by atoms with E-state index in [1.54, 1.807) is 0 Å². The first-order chi connectivity index (χ1) is 12.7. The van der Waals surface area contributed by atoms with Crippen molar-refractivity contribution in [2.24, 2.45) is 5.73 Å². The van der Waals surface area contributed by atoms with E-state index in [9.17, 15) is 4.79 Å². The maximum Gasteiger partial charge on any atom is 0.267 e. The number of benzene rings is 3. The molecule has 1 aliphatic heterocycles. The molecular weight excluding hydrogens is 360 g/mol. The second-order valence-corrected chi connectivity index (χ2v) is 6.34. The smallest absolute Gasteiger partial charge is 0.267 e. The highest BCUT2D eigenvalue weighted by atomic mass is 35.5. The number of hydrogen-bond acceptors (Lipinski definition) is 3. The summed E-state index contributed by atoms with van der Waals surface area (Å²) in [5.41, 5.74) is 7.91. The van der Waals surface area contributed by atoms with Crippen LogP contribution in [-0.2, 0) is 15.2 Å². The number of hydroxylamine groups is 2. The lowest BCUT2D eigenvalue weighted by molar-refractivity contribution is -0.183. The van der Waals surface area contributed by atoms with Gasteiger partial charge >= 0.3 is 0 Å². The summed E-state index contributed by atoms with van der Waals surface area (Å²) in [6.45, 7) is 0.174. The normalized spacial score (nSPS) is 16.9. The van der Waals surface area contributed by atoms with E-state index in [1.165, 1.54) is 5.06 Å². The Hall–Kier alpha value is -2.66. The Morgan fingerprint density at radius 1 is 0.778 bits per heavy atom. The van der Waals surface area contributed by atoms with Gasteiger partial charge in [-0.3, -0.25) is 9.63 Å². The molecule has 1 aliphatic rings. The van der Waals surface area contributed by atoms with Crippen molar-refractivity contribution in [3.8, 4) is 0 Å². The van der Waals surface area contributed by atoms with Crippen LogP contribution < -0.4 is 5.73 Å². The Kier molecular flexibility index (Phi) is 5.61. The van der Waals surface area contributed by atoms with Crippen molar-refractivity contribution in [1.82, 2.24) is 5.06 Å². The summed E-state index contributed by atoms with van der Waals surface area (Å²) in [4.78, 5) is 18.8. The van der Waals surface area contributed by atoms with Crippen LogP contribution in [0, 0.1) is 0 Å². The van der Waals surface area contributed by atoms with Gasteiger partial charge in [0.1, 0.15) is 11.6 Å². The molecule has 1 atom stereocenters. The molecule has 0 bridgehead atoms. The minimum Gasteiger partial charge on any atom is -0.318 e. The number of hydrogen-bond donors (Lipinski definition) is 1. The van der Waals surface area contributed by atoms with E-state index >= 15 is 0 Å². The molecule has 1 unspecified atom stereocenters. The highest BCUT2D eigenvalue weighted by molar-refractivity contribution is 5.85. The number of carbonyl (C=O) groups is 1. The van der Waals surface area contributed by atoms with E-state index in [-0.39, 0.29) is 24.9 Å². The second kappa shape index (κ2) is 7.92. The fraction of sp³-hybridized carbons (Fsp3) is 0.136. The molecular formula is C22H21ClN2O2. The lowest BCUT2D eigenvalue weighted by Crippen LogP contribution is -2.50. The number of nitrogens with two attached hydrogens (primary N) is 1.